The van der Waals surface area contributed by atoms with Crippen molar-refractivity contribution in [2.45, 2.75) is 44.2 Å². The Labute approximate surface area is 115 Å². The van der Waals surface area contributed by atoms with Gasteiger partial charge in [0.2, 0.25) is 10.0 Å². The van der Waals surface area contributed by atoms with Gasteiger partial charge in [0.15, 0.2) is 9.84 Å². The first-order valence-electron chi connectivity index (χ1n) is 6.80. The summed E-state index contributed by atoms with van der Waals surface area (Å²) in [6.07, 6.45) is 4.30. The molecule has 19 heavy (non-hydrogen) atoms. The summed E-state index contributed by atoms with van der Waals surface area (Å²) in [4.78, 5) is 0. The van der Waals surface area contributed by atoms with E-state index < -0.39 is 25.9 Å². The lowest BCUT2D eigenvalue weighted by Gasteiger charge is -2.23. The third kappa shape index (κ3) is 5.02. The SMILES string of the molecule is O=S1(=O)CCC(NS(=O)(=O)CCC2CCCCN2)C1. The molecular weight excluding hydrogens is 288 g/mol. The molecule has 112 valence electrons. The van der Waals surface area contributed by atoms with Crippen molar-refractivity contribution < 1.29 is 16.8 Å². The number of nitrogens with one attached hydrogen (secondary N) is 2. The minimum Gasteiger partial charge on any atom is -0.314 e. The number of sulfonamides is 1. The van der Waals surface area contributed by atoms with Gasteiger partial charge in [-0.2, -0.15) is 0 Å². The highest BCUT2D eigenvalue weighted by molar-refractivity contribution is 7.92. The molecule has 6 nitrogen and oxygen atoms in total. The van der Waals surface area contributed by atoms with Crippen LogP contribution in [0.15, 0.2) is 0 Å². The van der Waals surface area contributed by atoms with E-state index in [4.69, 9.17) is 0 Å². The van der Waals surface area contributed by atoms with Gasteiger partial charge in [-0.1, -0.05) is 6.42 Å². The molecule has 0 bridgehead atoms. The van der Waals surface area contributed by atoms with Crippen molar-refractivity contribution in [3.63, 3.8) is 0 Å². The second kappa shape index (κ2) is 6.07. The average molecular weight is 310 g/mol. The van der Waals surface area contributed by atoms with Gasteiger partial charge in [0.1, 0.15) is 0 Å². The maximum atomic E-state index is 11.9. The molecule has 0 spiro atoms. The van der Waals surface area contributed by atoms with E-state index in [-0.39, 0.29) is 23.3 Å². The molecule has 2 rings (SSSR count). The summed E-state index contributed by atoms with van der Waals surface area (Å²) in [7, 11) is -6.41. The van der Waals surface area contributed by atoms with E-state index in [9.17, 15) is 16.8 Å². The molecule has 0 aromatic carbocycles. The Morgan fingerprint density at radius 2 is 2.00 bits per heavy atom. The van der Waals surface area contributed by atoms with Crippen molar-refractivity contribution in [1.29, 1.82) is 0 Å². The molecule has 2 unspecified atom stereocenters. The van der Waals surface area contributed by atoms with Gasteiger partial charge < -0.3 is 5.32 Å². The van der Waals surface area contributed by atoms with Crippen LogP contribution in [0.25, 0.3) is 0 Å². The third-order valence-electron chi connectivity index (χ3n) is 3.73. The van der Waals surface area contributed by atoms with E-state index >= 15 is 0 Å². The van der Waals surface area contributed by atoms with Crippen molar-refractivity contribution in [2.24, 2.45) is 0 Å². The van der Waals surface area contributed by atoms with Gasteiger partial charge >= 0.3 is 0 Å². The van der Waals surface area contributed by atoms with E-state index in [2.05, 4.69) is 10.0 Å². The Kier molecular flexibility index (Phi) is 4.86. The maximum Gasteiger partial charge on any atom is 0.211 e. The van der Waals surface area contributed by atoms with Crippen LogP contribution in [0.3, 0.4) is 0 Å². The fraction of sp³-hybridized carbons (Fsp3) is 1.00. The molecule has 2 aliphatic rings. The predicted molar refractivity (Wildman–Crippen MR) is 74.2 cm³/mol. The largest absolute Gasteiger partial charge is 0.314 e. The highest BCUT2D eigenvalue weighted by Gasteiger charge is 2.31. The summed E-state index contributed by atoms with van der Waals surface area (Å²) >= 11 is 0. The third-order valence-corrected chi connectivity index (χ3v) is 6.96. The maximum absolute atomic E-state index is 11.9. The van der Waals surface area contributed by atoms with Gasteiger partial charge in [-0.3, -0.25) is 0 Å². The number of hydrogen-bond acceptors (Lipinski definition) is 5. The number of hydrogen-bond donors (Lipinski definition) is 2. The fourth-order valence-corrected chi connectivity index (χ4v) is 5.87. The second-order valence-electron chi connectivity index (χ2n) is 5.47. The van der Waals surface area contributed by atoms with Crippen LogP contribution in [0, 0.1) is 0 Å². The molecule has 2 atom stereocenters. The van der Waals surface area contributed by atoms with Crippen molar-refractivity contribution >= 4 is 19.9 Å². The van der Waals surface area contributed by atoms with E-state index in [0.717, 1.165) is 25.8 Å². The molecule has 0 amide bonds. The smallest absolute Gasteiger partial charge is 0.211 e. The molecule has 2 fully saturated rings. The topological polar surface area (TPSA) is 92.3 Å². The van der Waals surface area contributed by atoms with Crippen LogP contribution in [0.2, 0.25) is 0 Å². The number of rotatable bonds is 5. The van der Waals surface area contributed by atoms with E-state index in [1.165, 1.54) is 0 Å². The van der Waals surface area contributed by atoms with E-state index in [1.54, 1.807) is 0 Å². The Morgan fingerprint density at radius 3 is 2.58 bits per heavy atom. The molecule has 0 aromatic heterocycles. The van der Waals surface area contributed by atoms with Crippen molar-refractivity contribution in [3.8, 4) is 0 Å². The predicted octanol–water partition coefficient (Wildman–Crippen LogP) is -0.375. The van der Waals surface area contributed by atoms with Crippen molar-refractivity contribution in [1.82, 2.24) is 10.0 Å². The summed E-state index contributed by atoms with van der Waals surface area (Å²) < 4.78 is 48.9. The zero-order chi connectivity index (χ0) is 13.9. The van der Waals surface area contributed by atoms with Gasteiger partial charge in [0.05, 0.1) is 17.3 Å². The normalized spacial score (nSPS) is 31.4. The van der Waals surface area contributed by atoms with Crippen LogP contribution in [-0.2, 0) is 19.9 Å². The molecule has 2 heterocycles. The summed E-state index contributed by atoms with van der Waals surface area (Å²) in [5.74, 6) is 0.0967. The first kappa shape index (κ1) is 15.2. The lowest BCUT2D eigenvalue weighted by atomic mass is 10.0. The van der Waals surface area contributed by atoms with Crippen LogP contribution in [0.5, 0.6) is 0 Å². The lowest BCUT2D eigenvalue weighted by Crippen LogP contribution is -2.40. The lowest BCUT2D eigenvalue weighted by molar-refractivity contribution is 0.392. The number of sulfone groups is 1. The summed E-state index contributed by atoms with van der Waals surface area (Å²) in [6, 6.07) is -0.160. The average Bonchev–Trinajstić information content (AvgIpc) is 2.67. The summed E-state index contributed by atoms with van der Waals surface area (Å²) in [6.45, 7) is 0.957. The monoisotopic (exact) mass is 310 g/mol. The second-order valence-corrected chi connectivity index (χ2v) is 9.57. The van der Waals surface area contributed by atoms with Gasteiger partial charge in [0.25, 0.3) is 0 Å². The van der Waals surface area contributed by atoms with Crippen LogP contribution in [0.4, 0.5) is 0 Å². The van der Waals surface area contributed by atoms with Crippen LogP contribution >= 0.6 is 0 Å². The molecular formula is C11H22N2O4S2. The fourth-order valence-electron chi connectivity index (χ4n) is 2.67. The summed E-state index contributed by atoms with van der Waals surface area (Å²) in [5.41, 5.74) is 0. The molecule has 0 aromatic rings. The van der Waals surface area contributed by atoms with Gasteiger partial charge in [-0.25, -0.2) is 21.6 Å². The minimum atomic E-state index is -3.37. The highest BCUT2D eigenvalue weighted by atomic mass is 32.2. The Hall–Kier alpha value is -0.180. The zero-order valence-corrected chi connectivity index (χ0v) is 12.6. The number of piperidine rings is 1. The van der Waals surface area contributed by atoms with Crippen LogP contribution < -0.4 is 10.0 Å². The minimum absolute atomic E-state index is 0.0616. The Morgan fingerprint density at radius 1 is 1.21 bits per heavy atom. The molecule has 8 heteroatoms. The van der Waals surface area contributed by atoms with Gasteiger partial charge in [-0.15, -0.1) is 0 Å². The van der Waals surface area contributed by atoms with Gasteiger partial charge in [0, 0.05) is 12.1 Å². The van der Waals surface area contributed by atoms with Gasteiger partial charge in [-0.05, 0) is 32.2 Å². The standard InChI is InChI=1S/C11H22N2O4S2/c14-18(15)7-4-11(9-18)13-19(16,17)8-5-10-3-1-2-6-12-10/h10-13H,1-9H2. The highest BCUT2D eigenvalue weighted by Crippen LogP contribution is 2.14. The molecule has 0 saturated carbocycles. The van der Waals surface area contributed by atoms with Crippen molar-refractivity contribution in [2.75, 3.05) is 23.8 Å². The van der Waals surface area contributed by atoms with E-state index in [0.29, 0.717) is 12.8 Å². The first-order chi connectivity index (χ1) is 8.86. The van der Waals surface area contributed by atoms with E-state index in [1.807, 2.05) is 0 Å². The molecule has 0 aliphatic carbocycles. The molecule has 0 radical (unpaired) electrons. The molecule has 2 aliphatic heterocycles. The van der Waals surface area contributed by atoms with Crippen LogP contribution in [0.1, 0.15) is 32.1 Å². The Balaban J connectivity index is 1.78. The Bertz CT molecular complexity index is 495. The first-order valence-corrected chi connectivity index (χ1v) is 10.3. The molecule has 2 saturated heterocycles. The quantitative estimate of drug-likeness (QED) is 0.722. The van der Waals surface area contributed by atoms with Crippen molar-refractivity contribution in [3.05, 3.63) is 0 Å². The van der Waals surface area contributed by atoms with Crippen LogP contribution in [-0.4, -0.2) is 52.7 Å². The zero-order valence-electron chi connectivity index (χ0n) is 11.0. The molecule has 2 N–H and O–H groups in total. The summed E-state index contributed by atoms with van der Waals surface area (Å²) in [5, 5.41) is 3.31.